The summed E-state index contributed by atoms with van der Waals surface area (Å²) in [4.78, 5) is 20.0. The van der Waals surface area contributed by atoms with E-state index in [1.807, 2.05) is 18.2 Å². The minimum Gasteiger partial charge on any atom is -0.379 e. The van der Waals surface area contributed by atoms with Gasteiger partial charge in [-0.15, -0.1) is 11.3 Å². The second kappa shape index (κ2) is 10.5. The molecule has 1 saturated heterocycles. The standard InChI is InChI=1S/C27H28FN3O2S/c28-20-9-7-19(8-10-20)27-22(21-4-1-2-5-23(21)30-27)11-12-26(32)29-18-24(25-6-3-17-34-25)31-13-15-33-16-14-31/h1-10,17,24,30H,11-16,18H2,(H,29,32)/t24-/m1/s1. The molecule has 0 unspecified atom stereocenters. The lowest BCUT2D eigenvalue weighted by molar-refractivity contribution is -0.121. The van der Waals surface area contributed by atoms with Crippen molar-refractivity contribution in [3.63, 3.8) is 0 Å². The molecule has 0 radical (unpaired) electrons. The maximum absolute atomic E-state index is 13.5. The number of aromatic amines is 1. The number of halogens is 1. The maximum Gasteiger partial charge on any atom is 0.220 e. The van der Waals surface area contributed by atoms with Gasteiger partial charge in [-0.2, -0.15) is 0 Å². The second-order valence-electron chi connectivity index (χ2n) is 8.51. The summed E-state index contributed by atoms with van der Waals surface area (Å²) < 4.78 is 19.0. The number of amides is 1. The van der Waals surface area contributed by atoms with E-state index in [1.165, 1.54) is 17.0 Å². The molecule has 1 amide bonds. The number of hydrogen-bond donors (Lipinski definition) is 2. The highest BCUT2D eigenvalue weighted by Gasteiger charge is 2.24. The van der Waals surface area contributed by atoms with Crippen LogP contribution in [0.2, 0.25) is 0 Å². The van der Waals surface area contributed by atoms with Crippen molar-refractivity contribution in [1.82, 2.24) is 15.2 Å². The molecular formula is C27H28FN3O2S. The predicted octanol–water partition coefficient (Wildman–Crippen LogP) is 5.16. The molecule has 0 aliphatic carbocycles. The molecule has 7 heteroatoms. The van der Waals surface area contributed by atoms with Gasteiger partial charge >= 0.3 is 0 Å². The Hall–Kier alpha value is -3.00. The molecule has 4 aromatic rings. The van der Waals surface area contributed by atoms with Crippen LogP contribution in [0, 0.1) is 5.82 Å². The number of hydrogen-bond acceptors (Lipinski definition) is 4. The van der Waals surface area contributed by atoms with Crippen LogP contribution in [0.1, 0.15) is 22.9 Å². The summed E-state index contributed by atoms with van der Waals surface area (Å²) in [5.41, 5.74) is 3.96. The number of fused-ring (bicyclic) bond motifs is 1. The maximum atomic E-state index is 13.5. The van der Waals surface area contributed by atoms with Gasteiger partial charge < -0.3 is 15.0 Å². The van der Waals surface area contributed by atoms with Gasteiger partial charge in [0.1, 0.15) is 5.82 Å². The first-order valence-corrected chi connectivity index (χ1v) is 12.5. The van der Waals surface area contributed by atoms with Gasteiger partial charge in [0, 0.05) is 47.5 Å². The van der Waals surface area contributed by atoms with Gasteiger partial charge in [-0.1, -0.05) is 24.3 Å². The molecular weight excluding hydrogens is 449 g/mol. The highest BCUT2D eigenvalue weighted by atomic mass is 32.1. The summed E-state index contributed by atoms with van der Waals surface area (Å²) in [6, 6.07) is 18.9. The van der Waals surface area contributed by atoms with E-state index in [9.17, 15) is 9.18 Å². The lowest BCUT2D eigenvalue weighted by Gasteiger charge is -2.34. The van der Waals surface area contributed by atoms with Crippen molar-refractivity contribution in [3.8, 4) is 11.3 Å². The first-order valence-electron chi connectivity index (χ1n) is 11.7. The summed E-state index contributed by atoms with van der Waals surface area (Å²) in [7, 11) is 0. The van der Waals surface area contributed by atoms with Crippen molar-refractivity contribution in [3.05, 3.63) is 82.3 Å². The molecule has 176 valence electrons. The van der Waals surface area contributed by atoms with E-state index < -0.39 is 0 Å². The number of morpholine rings is 1. The van der Waals surface area contributed by atoms with E-state index in [0.717, 1.165) is 54.0 Å². The molecule has 1 aliphatic heterocycles. The molecule has 1 aliphatic rings. The largest absolute Gasteiger partial charge is 0.379 e. The quantitative estimate of drug-likeness (QED) is 0.369. The molecule has 3 heterocycles. The number of benzene rings is 2. The molecule has 2 aromatic carbocycles. The Balaban J connectivity index is 1.29. The Morgan fingerprint density at radius 2 is 1.88 bits per heavy atom. The third kappa shape index (κ3) is 5.06. The molecule has 1 fully saturated rings. The monoisotopic (exact) mass is 477 g/mol. The number of thiophene rings is 1. The number of rotatable bonds is 8. The number of nitrogens with one attached hydrogen (secondary N) is 2. The van der Waals surface area contributed by atoms with Crippen molar-refractivity contribution < 1.29 is 13.9 Å². The number of aryl methyl sites for hydroxylation is 1. The van der Waals surface area contributed by atoms with E-state index in [4.69, 9.17) is 4.74 Å². The number of para-hydroxylation sites is 1. The lowest BCUT2D eigenvalue weighted by Crippen LogP contribution is -2.43. The van der Waals surface area contributed by atoms with E-state index in [0.29, 0.717) is 19.4 Å². The predicted molar refractivity (Wildman–Crippen MR) is 134 cm³/mol. The third-order valence-corrected chi connectivity index (χ3v) is 7.37. The zero-order chi connectivity index (χ0) is 23.3. The van der Waals surface area contributed by atoms with Crippen LogP contribution < -0.4 is 5.32 Å². The third-order valence-electron chi connectivity index (χ3n) is 6.40. The number of H-pyrrole nitrogens is 1. The topological polar surface area (TPSA) is 57.4 Å². The van der Waals surface area contributed by atoms with Crippen LogP contribution in [0.3, 0.4) is 0 Å². The minimum absolute atomic E-state index is 0.0325. The van der Waals surface area contributed by atoms with Gasteiger partial charge in [-0.05, 0) is 59.3 Å². The van der Waals surface area contributed by atoms with E-state index in [2.05, 4.69) is 38.8 Å². The van der Waals surface area contributed by atoms with Crippen LogP contribution in [-0.4, -0.2) is 48.6 Å². The van der Waals surface area contributed by atoms with Crippen molar-refractivity contribution >= 4 is 28.1 Å². The minimum atomic E-state index is -0.263. The fourth-order valence-electron chi connectivity index (χ4n) is 4.64. The van der Waals surface area contributed by atoms with Gasteiger partial charge in [0.15, 0.2) is 0 Å². The Labute approximate surface area is 202 Å². The van der Waals surface area contributed by atoms with Crippen LogP contribution in [0.25, 0.3) is 22.2 Å². The normalized spacial score (nSPS) is 15.4. The molecule has 5 rings (SSSR count). The van der Waals surface area contributed by atoms with Crippen molar-refractivity contribution in [2.75, 3.05) is 32.8 Å². The first kappa shape index (κ1) is 22.8. The molecule has 2 aromatic heterocycles. The molecule has 34 heavy (non-hydrogen) atoms. The van der Waals surface area contributed by atoms with Gasteiger partial charge in [0.05, 0.1) is 19.3 Å². The highest BCUT2D eigenvalue weighted by molar-refractivity contribution is 7.10. The van der Waals surface area contributed by atoms with Gasteiger partial charge in [-0.25, -0.2) is 4.39 Å². The Morgan fingerprint density at radius 1 is 1.09 bits per heavy atom. The Bertz CT molecular complexity index is 1230. The van der Waals surface area contributed by atoms with Crippen LogP contribution in [0.15, 0.2) is 66.0 Å². The van der Waals surface area contributed by atoms with E-state index in [1.54, 1.807) is 23.5 Å². The number of nitrogens with zero attached hydrogens (tertiary/aromatic N) is 1. The summed E-state index contributed by atoms with van der Waals surface area (Å²) in [6.07, 6.45) is 0.986. The molecule has 0 spiro atoms. The Kier molecular flexibility index (Phi) is 7.04. The fourth-order valence-corrected chi connectivity index (χ4v) is 5.50. The summed E-state index contributed by atoms with van der Waals surface area (Å²) >= 11 is 1.73. The lowest BCUT2D eigenvalue weighted by atomic mass is 10.0. The summed E-state index contributed by atoms with van der Waals surface area (Å²) in [5.74, 6) is -0.230. The smallest absolute Gasteiger partial charge is 0.220 e. The first-order chi connectivity index (χ1) is 16.7. The van der Waals surface area contributed by atoms with Crippen molar-refractivity contribution in [1.29, 1.82) is 0 Å². The highest BCUT2D eigenvalue weighted by Crippen LogP contribution is 2.31. The summed E-state index contributed by atoms with van der Waals surface area (Å²) in [6.45, 7) is 3.77. The van der Waals surface area contributed by atoms with Gasteiger partial charge in [0.25, 0.3) is 0 Å². The average molecular weight is 478 g/mol. The van der Waals surface area contributed by atoms with Crippen LogP contribution in [0.4, 0.5) is 4.39 Å². The van der Waals surface area contributed by atoms with Crippen LogP contribution >= 0.6 is 11.3 Å². The Morgan fingerprint density at radius 3 is 2.65 bits per heavy atom. The number of ether oxygens (including phenoxy) is 1. The average Bonchev–Trinajstić information content (AvgIpc) is 3.52. The molecule has 0 saturated carbocycles. The van der Waals surface area contributed by atoms with E-state index >= 15 is 0 Å². The van der Waals surface area contributed by atoms with Gasteiger partial charge in [-0.3, -0.25) is 9.69 Å². The number of carbonyl (C=O) groups is 1. The number of aromatic nitrogens is 1. The van der Waals surface area contributed by atoms with E-state index in [-0.39, 0.29) is 17.8 Å². The second-order valence-corrected chi connectivity index (χ2v) is 9.49. The summed E-state index contributed by atoms with van der Waals surface area (Å²) in [5, 5.41) is 6.35. The molecule has 1 atom stereocenters. The number of carbonyl (C=O) groups excluding carboxylic acids is 1. The van der Waals surface area contributed by atoms with Gasteiger partial charge in [0.2, 0.25) is 5.91 Å². The SMILES string of the molecule is O=C(CCc1c(-c2ccc(F)cc2)[nH]c2ccccc12)NC[C@H](c1cccs1)N1CCOCC1. The molecule has 2 N–H and O–H groups in total. The van der Waals surface area contributed by atoms with Crippen molar-refractivity contribution in [2.45, 2.75) is 18.9 Å². The van der Waals surface area contributed by atoms with Crippen LogP contribution in [-0.2, 0) is 16.0 Å². The fraction of sp³-hybridized carbons (Fsp3) is 0.296. The molecule has 5 nitrogen and oxygen atoms in total. The van der Waals surface area contributed by atoms with Crippen LogP contribution in [0.5, 0.6) is 0 Å². The zero-order valence-corrected chi connectivity index (χ0v) is 19.7. The zero-order valence-electron chi connectivity index (χ0n) is 18.9. The molecule has 0 bridgehead atoms. The van der Waals surface area contributed by atoms with Crippen molar-refractivity contribution in [2.24, 2.45) is 0 Å².